The summed E-state index contributed by atoms with van der Waals surface area (Å²) >= 11 is 0. The standard InChI is InChI=1S/C15H24N2O2/c1-11-7-12(16-2)5-6-17(11)13-8-14(18-3)10-15(9-13)19-4/h8-12,16H,5-7H2,1-4H3. The van der Waals surface area contributed by atoms with Gasteiger partial charge in [0.1, 0.15) is 11.5 Å². The van der Waals surface area contributed by atoms with E-state index in [0.29, 0.717) is 12.1 Å². The first-order chi connectivity index (χ1) is 9.17. The Kier molecular flexibility index (Phi) is 4.53. The van der Waals surface area contributed by atoms with Gasteiger partial charge in [0.05, 0.1) is 14.2 Å². The maximum atomic E-state index is 5.35. The van der Waals surface area contributed by atoms with Gasteiger partial charge in [-0.2, -0.15) is 0 Å². The molecular formula is C15H24N2O2. The number of hydrogen-bond acceptors (Lipinski definition) is 4. The summed E-state index contributed by atoms with van der Waals surface area (Å²) in [5.41, 5.74) is 1.18. The van der Waals surface area contributed by atoms with Gasteiger partial charge in [0.15, 0.2) is 0 Å². The van der Waals surface area contributed by atoms with Gasteiger partial charge in [-0.3, -0.25) is 0 Å². The highest BCUT2D eigenvalue weighted by atomic mass is 16.5. The third kappa shape index (κ3) is 3.13. The fourth-order valence-electron chi connectivity index (χ4n) is 2.78. The molecule has 1 heterocycles. The number of rotatable bonds is 4. The van der Waals surface area contributed by atoms with Crippen LogP contribution in [-0.4, -0.2) is 39.9 Å². The molecule has 0 aromatic heterocycles. The third-order valence-electron chi connectivity index (χ3n) is 3.95. The molecule has 2 unspecified atom stereocenters. The lowest BCUT2D eigenvalue weighted by molar-refractivity contribution is 0.381. The Morgan fingerprint density at radius 2 is 1.79 bits per heavy atom. The fourth-order valence-corrected chi connectivity index (χ4v) is 2.78. The van der Waals surface area contributed by atoms with Gasteiger partial charge in [-0.25, -0.2) is 0 Å². The Morgan fingerprint density at radius 1 is 1.16 bits per heavy atom. The van der Waals surface area contributed by atoms with Crippen molar-refractivity contribution >= 4 is 5.69 Å². The molecule has 1 fully saturated rings. The molecule has 19 heavy (non-hydrogen) atoms. The van der Waals surface area contributed by atoms with E-state index in [-0.39, 0.29) is 0 Å². The number of hydrogen-bond donors (Lipinski definition) is 1. The normalized spacial score (nSPS) is 23.3. The third-order valence-corrected chi connectivity index (χ3v) is 3.95. The molecule has 1 aliphatic heterocycles. The molecule has 2 atom stereocenters. The van der Waals surface area contributed by atoms with Crippen LogP contribution in [0.1, 0.15) is 19.8 Å². The smallest absolute Gasteiger partial charge is 0.124 e. The lowest BCUT2D eigenvalue weighted by atomic mass is 9.97. The zero-order valence-corrected chi connectivity index (χ0v) is 12.3. The number of ether oxygens (including phenoxy) is 2. The van der Waals surface area contributed by atoms with Crippen LogP contribution in [-0.2, 0) is 0 Å². The zero-order chi connectivity index (χ0) is 13.8. The van der Waals surface area contributed by atoms with Gasteiger partial charge >= 0.3 is 0 Å². The van der Waals surface area contributed by atoms with Crippen LogP contribution in [0.15, 0.2) is 18.2 Å². The minimum absolute atomic E-state index is 0.517. The second-order valence-corrected chi connectivity index (χ2v) is 5.12. The number of benzene rings is 1. The highest BCUT2D eigenvalue weighted by molar-refractivity contribution is 5.56. The molecule has 1 aromatic rings. The number of methoxy groups -OCH3 is 2. The molecule has 0 bridgehead atoms. The van der Waals surface area contributed by atoms with Gasteiger partial charge in [-0.1, -0.05) is 0 Å². The average Bonchev–Trinajstić information content (AvgIpc) is 2.46. The van der Waals surface area contributed by atoms with Gasteiger partial charge < -0.3 is 19.7 Å². The van der Waals surface area contributed by atoms with Gasteiger partial charge in [0.25, 0.3) is 0 Å². The first-order valence-corrected chi connectivity index (χ1v) is 6.85. The Morgan fingerprint density at radius 3 is 2.26 bits per heavy atom. The molecule has 1 saturated heterocycles. The largest absolute Gasteiger partial charge is 0.497 e. The summed E-state index contributed by atoms with van der Waals surface area (Å²) < 4.78 is 10.7. The lowest BCUT2D eigenvalue weighted by Gasteiger charge is -2.39. The van der Waals surface area contributed by atoms with Crippen molar-refractivity contribution in [2.75, 3.05) is 32.7 Å². The van der Waals surface area contributed by atoms with Crippen LogP contribution < -0.4 is 19.7 Å². The van der Waals surface area contributed by atoms with Gasteiger partial charge in [-0.05, 0) is 26.8 Å². The minimum atomic E-state index is 0.517. The minimum Gasteiger partial charge on any atom is -0.497 e. The highest BCUT2D eigenvalue weighted by Gasteiger charge is 2.25. The molecule has 1 aliphatic rings. The predicted molar refractivity (Wildman–Crippen MR) is 78.4 cm³/mol. The second kappa shape index (κ2) is 6.15. The molecule has 0 spiro atoms. The van der Waals surface area contributed by atoms with E-state index >= 15 is 0 Å². The Hall–Kier alpha value is -1.42. The van der Waals surface area contributed by atoms with Crippen LogP contribution in [0.3, 0.4) is 0 Å². The number of piperidine rings is 1. The van der Waals surface area contributed by atoms with Crippen molar-refractivity contribution in [2.24, 2.45) is 0 Å². The molecule has 0 aliphatic carbocycles. The number of anilines is 1. The topological polar surface area (TPSA) is 33.7 Å². The molecule has 4 heteroatoms. The molecule has 0 amide bonds. The van der Waals surface area contributed by atoms with Crippen molar-refractivity contribution in [1.29, 1.82) is 0 Å². The summed E-state index contributed by atoms with van der Waals surface area (Å²) in [5, 5.41) is 3.38. The van der Waals surface area contributed by atoms with E-state index in [0.717, 1.165) is 24.5 Å². The van der Waals surface area contributed by atoms with Crippen LogP contribution in [0.25, 0.3) is 0 Å². The molecule has 0 radical (unpaired) electrons. The summed E-state index contributed by atoms with van der Waals surface area (Å²) in [7, 11) is 5.42. The molecule has 1 aromatic carbocycles. The monoisotopic (exact) mass is 264 g/mol. The lowest BCUT2D eigenvalue weighted by Crippen LogP contribution is -2.46. The summed E-state index contributed by atoms with van der Waals surface area (Å²) in [4.78, 5) is 2.43. The maximum Gasteiger partial charge on any atom is 0.124 e. The zero-order valence-electron chi connectivity index (χ0n) is 12.3. The van der Waals surface area contributed by atoms with Crippen molar-refractivity contribution in [2.45, 2.75) is 31.8 Å². The van der Waals surface area contributed by atoms with Crippen molar-refractivity contribution in [3.8, 4) is 11.5 Å². The first-order valence-electron chi connectivity index (χ1n) is 6.85. The highest BCUT2D eigenvalue weighted by Crippen LogP contribution is 2.32. The van der Waals surface area contributed by atoms with E-state index in [2.05, 4.69) is 29.3 Å². The van der Waals surface area contributed by atoms with Crippen molar-refractivity contribution in [3.63, 3.8) is 0 Å². The van der Waals surface area contributed by atoms with E-state index < -0.39 is 0 Å². The Bertz CT molecular complexity index is 400. The molecular weight excluding hydrogens is 240 g/mol. The van der Waals surface area contributed by atoms with E-state index in [9.17, 15) is 0 Å². The summed E-state index contributed by atoms with van der Waals surface area (Å²) in [6.07, 6.45) is 2.33. The summed E-state index contributed by atoms with van der Waals surface area (Å²) in [6, 6.07) is 7.22. The number of nitrogens with one attached hydrogen (secondary N) is 1. The van der Waals surface area contributed by atoms with E-state index in [4.69, 9.17) is 9.47 Å². The van der Waals surface area contributed by atoms with Crippen molar-refractivity contribution in [1.82, 2.24) is 5.32 Å². The Balaban J connectivity index is 2.21. The second-order valence-electron chi connectivity index (χ2n) is 5.12. The van der Waals surface area contributed by atoms with Crippen LogP contribution in [0.2, 0.25) is 0 Å². The molecule has 1 N–H and O–H groups in total. The first kappa shape index (κ1) is 14.0. The van der Waals surface area contributed by atoms with Crippen molar-refractivity contribution < 1.29 is 9.47 Å². The molecule has 0 saturated carbocycles. The fraction of sp³-hybridized carbons (Fsp3) is 0.600. The van der Waals surface area contributed by atoms with Gasteiger partial charge in [0.2, 0.25) is 0 Å². The Labute approximate surface area is 115 Å². The van der Waals surface area contributed by atoms with Crippen molar-refractivity contribution in [3.05, 3.63) is 18.2 Å². The van der Waals surface area contributed by atoms with Gasteiger partial charge in [0, 0.05) is 42.5 Å². The number of nitrogens with zero attached hydrogens (tertiary/aromatic N) is 1. The molecule has 4 nitrogen and oxygen atoms in total. The van der Waals surface area contributed by atoms with Crippen LogP contribution >= 0.6 is 0 Å². The van der Waals surface area contributed by atoms with E-state index in [1.165, 1.54) is 12.1 Å². The molecule has 2 rings (SSSR count). The van der Waals surface area contributed by atoms with Crippen LogP contribution in [0.5, 0.6) is 11.5 Å². The van der Waals surface area contributed by atoms with Crippen LogP contribution in [0.4, 0.5) is 5.69 Å². The summed E-state index contributed by atoms with van der Waals surface area (Å²) in [6.45, 7) is 3.33. The van der Waals surface area contributed by atoms with E-state index in [1.807, 2.05) is 13.1 Å². The van der Waals surface area contributed by atoms with Crippen LogP contribution in [0, 0.1) is 0 Å². The quantitative estimate of drug-likeness (QED) is 0.904. The van der Waals surface area contributed by atoms with Gasteiger partial charge in [-0.15, -0.1) is 0 Å². The maximum absolute atomic E-state index is 5.35. The summed E-state index contributed by atoms with van der Waals surface area (Å²) in [5.74, 6) is 1.69. The SMILES string of the molecule is CNC1CCN(c2cc(OC)cc(OC)c2)C(C)C1. The average molecular weight is 264 g/mol. The van der Waals surface area contributed by atoms with E-state index in [1.54, 1.807) is 14.2 Å². The predicted octanol–water partition coefficient (Wildman–Crippen LogP) is 2.28. The molecule has 106 valence electrons.